The number of carbonyl (C=O) groups excluding carboxylic acids is 2. The lowest BCUT2D eigenvalue weighted by molar-refractivity contribution is -0.136. The van der Waals surface area contributed by atoms with Gasteiger partial charge in [-0.3, -0.25) is 9.59 Å². The summed E-state index contributed by atoms with van der Waals surface area (Å²) in [5.74, 6) is -0.0109. The average Bonchev–Trinajstić information content (AvgIpc) is 2.23. The molecule has 0 unspecified atom stereocenters. The van der Waals surface area contributed by atoms with Gasteiger partial charge in [0.25, 0.3) is 0 Å². The van der Waals surface area contributed by atoms with E-state index in [9.17, 15) is 9.59 Å². The molecule has 0 aliphatic heterocycles. The highest BCUT2D eigenvalue weighted by molar-refractivity contribution is 5.85. The molecule has 0 atom stereocenters. The summed E-state index contributed by atoms with van der Waals surface area (Å²) in [5.41, 5.74) is -0.248. The predicted molar refractivity (Wildman–Crippen MR) is 74.3 cm³/mol. The Bertz CT molecular complexity index is 269. The van der Waals surface area contributed by atoms with Crippen molar-refractivity contribution in [3.8, 4) is 0 Å². The summed E-state index contributed by atoms with van der Waals surface area (Å²) in [7, 11) is 0. The van der Waals surface area contributed by atoms with Crippen LogP contribution < -0.4 is 5.32 Å². The van der Waals surface area contributed by atoms with Crippen molar-refractivity contribution in [2.75, 3.05) is 13.1 Å². The molecule has 0 heterocycles. The Labute approximate surface area is 111 Å². The zero-order valence-corrected chi connectivity index (χ0v) is 12.5. The maximum absolute atomic E-state index is 11.9. The van der Waals surface area contributed by atoms with Gasteiger partial charge < -0.3 is 10.2 Å². The van der Waals surface area contributed by atoms with Crippen molar-refractivity contribution in [3.05, 3.63) is 0 Å². The van der Waals surface area contributed by atoms with Crippen LogP contribution in [0.25, 0.3) is 0 Å². The van der Waals surface area contributed by atoms with Crippen LogP contribution in [0.4, 0.5) is 0 Å². The molecule has 0 aliphatic carbocycles. The molecular weight excluding hydrogens is 228 g/mol. The first-order valence-electron chi connectivity index (χ1n) is 6.89. The fraction of sp³-hybridized carbons (Fsp3) is 0.857. The smallest absolute Gasteiger partial charge is 0.240 e. The Hall–Kier alpha value is -1.06. The van der Waals surface area contributed by atoms with Crippen molar-refractivity contribution < 1.29 is 9.59 Å². The van der Waals surface area contributed by atoms with Gasteiger partial charge in [0, 0.05) is 18.5 Å². The average molecular weight is 256 g/mol. The number of hydrogen-bond donors (Lipinski definition) is 1. The minimum absolute atomic E-state index is 0.0787. The van der Waals surface area contributed by atoms with Crippen LogP contribution in [0.1, 0.15) is 60.3 Å². The van der Waals surface area contributed by atoms with E-state index in [-0.39, 0.29) is 23.9 Å². The standard InChI is InChI=1S/C14H28N2O2/c1-6-8-9-10-13(18)16(7-2)11-12(17)15-14(3,4)5/h6-11H2,1-5H3,(H,15,17). The fourth-order valence-electron chi connectivity index (χ4n) is 1.69. The number of nitrogens with zero attached hydrogens (tertiary/aromatic N) is 1. The number of amides is 2. The highest BCUT2D eigenvalue weighted by atomic mass is 16.2. The highest BCUT2D eigenvalue weighted by Crippen LogP contribution is 2.04. The zero-order valence-electron chi connectivity index (χ0n) is 12.5. The van der Waals surface area contributed by atoms with E-state index in [0.29, 0.717) is 13.0 Å². The quantitative estimate of drug-likeness (QED) is 0.711. The van der Waals surface area contributed by atoms with Crippen molar-refractivity contribution in [1.29, 1.82) is 0 Å². The third-order valence-corrected chi connectivity index (χ3v) is 2.58. The maximum Gasteiger partial charge on any atom is 0.240 e. The molecule has 0 saturated carbocycles. The molecule has 106 valence electrons. The van der Waals surface area contributed by atoms with Crippen LogP contribution in [0.3, 0.4) is 0 Å². The zero-order chi connectivity index (χ0) is 14.2. The SMILES string of the molecule is CCCCCC(=O)N(CC)CC(=O)NC(C)(C)C. The minimum Gasteiger partial charge on any atom is -0.350 e. The third kappa shape index (κ3) is 8.09. The van der Waals surface area contributed by atoms with Crippen molar-refractivity contribution in [2.24, 2.45) is 0 Å². The van der Waals surface area contributed by atoms with Crippen LogP contribution in [-0.2, 0) is 9.59 Å². The Balaban J connectivity index is 4.17. The molecule has 0 aliphatic rings. The first-order valence-corrected chi connectivity index (χ1v) is 6.89. The van der Waals surface area contributed by atoms with E-state index in [4.69, 9.17) is 0 Å². The van der Waals surface area contributed by atoms with Crippen LogP contribution in [0.5, 0.6) is 0 Å². The molecular formula is C14H28N2O2. The van der Waals surface area contributed by atoms with Crippen LogP contribution in [0, 0.1) is 0 Å². The lowest BCUT2D eigenvalue weighted by Crippen LogP contribution is -2.47. The Kier molecular flexibility index (Phi) is 7.64. The van der Waals surface area contributed by atoms with Gasteiger partial charge in [-0.1, -0.05) is 19.8 Å². The molecule has 0 bridgehead atoms. The van der Waals surface area contributed by atoms with Crippen molar-refractivity contribution in [3.63, 3.8) is 0 Å². The summed E-state index contributed by atoms with van der Waals surface area (Å²) >= 11 is 0. The second-order valence-electron chi connectivity index (χ2n) is 5.66. The van der Waals surface area contributed by atoms with E-state index in [1.165, 1.54) is 0 Å². The molecule has 0 saturated heterocycles. The molecule has 0 aromatic rings. The van der Waals surface area contributed by atoms with Gasteiger partial charge >= 0.3 is 0 Å². The monoisotopic (exact) mass is 256 g/mol. The second-order valence-corrected chi connectivity index (χ2v) is 5.66. The number of likely N-dealkylation sites (N-methyl/N-ethyl adjacent to an activating group) is 1. The summed E-state index contributed by atoms with van der Waals surface area (Å²) in [6.45, 7) is 10.6. The Morgan fingerprint density at radius 1 is 1.11 bits per heavy atom. The van der Waals surface area contributed by atoms with Gasteiger partial charge in [0.2, 0.25) is 11.8 Å². The van der Waals surface area contributed by atoms with E-state index in [1.807, 2.05) is 27.7 Å². The summed E-state index contributed by atoms with van der Waals surface area (Å²) in [6, 6.07) is 0. The Morgan fingerprint density at radius 2 is 1.72 bits per heavy atom. The molecule has 2 amide bonds. The molecule has 0 radical (unpaired) electrons. The van der Waals surface area contributed by atoms with Crippen LogP contribution in [-0.4, -0.2) is 35.3 Å². The predicted octanol–water partition coefficient (Wildman–Crippen LogP) is 2.33. The number of nitrogens with one attached hydrogen (secondary N) is 1. The third-order valence-electron chi connectivity index (χ3n) is 2.58. The Morgan fingerprint density at radius 3 is 2.17 bits per heavy atom. The molecule has 0 fully saturated rings. The summed E-state index contributed by atoms with van der Waals surface area (Å²) in [6.07, 6.45) is 3.62. The van der Waals surface area contributed by atoms with Crippen LogP contribution in [0.2, 0.25) is 0 Å². The van der Waals surface area contributed by atoms with Crippen LogP contribution >= 0.6 is 0 Å². The van der Waals surface area contributed by atoms with Gasteiger partial charge in [0.05, 0.1) is 6.54 Å². The van der Waals surface area contributed by atoms with E-state index in [2.05, 4.69) is 12.2 Å². The van der Waals surface area contributed by atoms with Gasteiger partial charge in [-0.05, 0) is 34.1 Å². The summed E-state index contributed by atoms with van der Waals surface area (Å²) in [5, 5.41) is 2.87. The van der Waals surface area contributed by atoms with E-state index in [0.717, 1.165) is 19.3 Å². The number of unbranched alkanes of at least 4 members (excludes halogenated alkanes) is 2. The largest absolute Gasteiger partial charge is 0.350 e. The summed E-state index contributed by atoms with van der Waals surface area (Å²) < 4.78 is 0. The number of hydrogen-bond acceptors (Lipinski definition) is 2. The van der Waals surface area contributed by atoms with Gasteiger partial charge in [0.15, 0.2) is 0 Å². The lowest BCUT2D eigenvalue weighted by atomic mass is 10.1. The van der Waals surface area contributed by atoms with E-state index in [1.54, 1.807) is 4.90 Å². The topological polar surface area (TPSA) is 49.4 Å². The molecule has 0 aromatic carbocycles. The number of carbonyl (C=O) groups is 2. The molecule has 4 heteroatoms. The first kappa shape index (κ1) is 16.9. The van der Waals surface area contributed by atoms with Gasteiger partial charge in [-0.25, -0.2) is 0 Å². The first-order chi connectivity index (χ1) is 8.30. The van der Waals surface area contributed by atoms with E-state index < -0.39 is 0 Å². The fourth-order valence-corrected chi connectivity index (χ4v) is 1.69. The lowest BCUT2D eigenvalue weighted by Gasteiger charge is -2.25. The molecule has 0 aromatic heterocycles. The molecule has 4 nitrogen and oxygen atoms in total. The van der Waals surface area contributed by atoms with Crippen LogP contribution in [0.15, 0.2) is 0 Å². The van der Waals surface area contributed by atoms with E-state index >= 15 is 0 Å². The van der Waals surface area contributed by atoms with Gasteiger partial charge in [-0.2, -0.15) is 0 Å². The molecule has 18 heavy (non-hydrogen) atoms. The number of rotatable bonds is 7. The molecule has 1 N–H and O–H groups in total. The van der Waals surface area contributed by atoms with Crippen molar-refractivity contribution >= 4 is 11.8 Å². The van der Waals surface area contributed by atoms with Crippen molar-refractivity contribution in [1.82, 2.24) is 10.2 Å². The van der Waals surface area contributed by atoms with Crippen molar-refractivity contribution in [2.45, 2.75) is 65.8 Å². The van der Waals surface area contributed by atoms with Gasteiger partial charge in [-0.15, -0.1) is 0 Å². The molecule has 0 spiro atoms. The highest BCUT2D eigenvalue weighted by Gasteiger charge is 2.18. The maximum atomic E-state index is 11.9. The normalized spacial score (nSPS) is 11.2. The minimum atomic E-state index is -0.248. The molecule has 0 rings (SSSR count). The summed E-state index contributed by atoms with van der Waals surface area (Å²) in [4.78, 5) is 25.3. The second kappa shape index (κ2) is 8.11. The van der Waals surface area contributed by atoms with Gasteiger partial charge in [0.1, 0.15) is 0 Å².